The number of hydrogen-bond donors (Lipinski definition) is 1. The van der Waals surface area contributed by atoms with Gasteiger partial charge in [-0.05, 0) is 38.1 Å². The van der Waals surface area contributed by atoms with Crippen LogP contribution in [0.1, 0.15) is 32.4 Å². The zero-order valence-electron chi connectivity index (χ0n) is 11.9. The molecular weight excluding hydrogens is 234 g/mol. The molecule has 0 atom stereocenters. The van der Waals surface area contributed by atoms with E-state index in [1.807, 2.05) is 30.3 Å². The van der Waals surface area contributed by atoms with E-state index >= 15 is 0 Å². The summed E-state index contributed by atoms with van der Waals surface area (Å²) >= 11 is 0. The van der Waals surface area contributed by atoms with E-state index in [0.717, 1.165) is 41.9 Å². The summed E-state index contributed by atoms with van der Waals surface area (Å²) in [7, 11) is 0. The van der Waals surface area contributed by atoms with E-state index in [0.29, 0.717) is 0 Å². The highest BCUT2D eigenvalue weighted by molar-refractivity contribution is 5.90. The predicted molar refractivity (Wildman–Crippen MR) is 82.0 cm³/mol. The Hall–Kier alpha value is -1.61. The summed E-state index contributed by atoms with van der Waals surface area (Å²) in [5.74, 6) is 0. The minimum absolute atomic E-state index is 0.827. The van der Waals surface area contributed by atoms with E-state index in [1.165, 1.54) is 12.8 Å². The maximum Gasteiger partial charge on any atom is 0.0726 e. The van der Waals surface area contributed by atoms with Gasteiger partial charge in [0.25, 0.3) is 0 Å². The highest BCUT2D eigenvalue weighted by atomic mass is 15.1. The highest BCUT2D eigenvalue weighted by Gasteiger charge is 2.07. The van der Waals surface area contributed by atoms with Crippen LogP contribution >= 0.6 is 0 Å². The highest BCUT2D eigenvalue weighted by Crippen LogP contribution is 2.20. The van der Waals surface area contributed by atoms with Gasteiger partial charge in [0.1, 0.15) is 0 Å². The standard InChI is InChI=1S/C16H23N3/c1-3-9-19(10-4-2)12-13-11-15(17)14-7-5-6-8-16(14)18-13/h5-8,11H,3-4,9-10,12H2,1-2H3,(H2,17,18). The molecule has 0 fully saturated rings. The SMILES string of the molecule is CCCN(CCC)Cc1cc(N)c2ccccc2n1. The molecule has 1 aromatic heterocycles. The molecule has 0 amide bonds. The zero-order chi connectivity index (χ0) is 13.7. The second-order valence-corrected chi connectivity index (χ2v) is 5.00. The van der Waals surface area contributed by atoms with Crippen LogP contribution in [0, 0.1) is 0 Å². The van der Waals surface area contributed by atoms with Crippen molar-refractivity contribution in [2.45, 2.75) is 33.2 Å². The van der Waals surface area contributed by atoms with Crippen molar-refractivity contribution >= 4 is 16.6 Å². The molecule has 19 heavy (non-hydrogen) atoms. The lowest BCUT2D eigenvalue weighted by Crippen LogP contribution is -2.25. The molecule has 0 aliphatic rings. The Bertz CT molecular complexity index is 531. The number of fused-ring (bicyclic) bond motifs is 1. The van der Waals surface area contributed by atoms with Gasteiger partial charge in [-0.2, -0.15) is 0 Å². The summed E-state index contributed by atoms with van der Waals surface area (Å²) in [5.41, 5.74) is 9.01. The predicted octanol–water partition coefficient (Wildman–Crippen LogP) is 3.44. The molecule has 1 heterocycles. The second kappa shape index (κ2) is 6.53. The summed E-state index contributed by atoms with van der Waals surface area (Å²) in [4.78, 5) is 7.16. The van der Waals surface area contributed by atoms with E-state index in [2.05, 4.69) is 18.7 Å². The third kappa shape index (κ3) is 3.44. The Morgan fingerprint density at radius 2 is 1.79 bits per heavy atom. The summed E-state index contributed by atoms with van der Waals surface area (Å²) < 4.78 is 0. The van der Waals surface area contributed by atoms with Gasteiger partial charge >= 0.3 is 0 Å². The molecule has 2 N–H and O–H groups in total. The van der Waals surface area contributed by atoms with Crippen LogP contribution in [0.5, 0.6) is 0 Å². The van der Waals surface area contributed by atoms with Crippen LogP contribution in [-0.2, 0) is 6.54 Å². The summed E-state index contributed by atoms with van der Waals surface area (Å²) in [5, 5.41) is 1.05. The zero-order valence-corrected chi connectivity index (χ0v) is 11.9. The Kier molecular flexibility index (Phi) is 4.74. The van der Waals surface area contributed by atoms with Crippen molar-refractivity contribution in [1.82, 2.24) is 9.88 Å². The smallest absolute Gasteiger partial charge is 0.0726 e. The first kappa shape index (κ1) is 13.8. The summed E-state index contributed by atoms with van der Waals surface area (Å²) in [6.07, 6.45) is 2.34. The Morgan fingerprint density at radius 1 is 1.11 bits per heavy atom. The largest absolute Gasteiger partial charge is 0.398 e. The van der Waals surface area contributed by atoms with Crippen molar-refractivity contribution < 1.29 is 0 Å². The second-order valence-electron chi connectivity index (χ2n) is 5.00. The fourth-order valence-electron chi connectivity index (χ4n) is 2.47. The van der Waals surface area contributed by atoms with Gasteiger partial charge < -0.3 is 5.73 Å². The number of aromatic nitrogens is 1. The average molecular weight is 257 g/mol. The van der Waals surface area contributed by atoms with Gasteiger partial charge in [0.05, 0.1) is 11.2 Å². The number of rotatable bonds is 6. The Morgan fingerprint density at radius 3 is 2.47 bits per heavy atom. The van der Waals surface area contributed by atoms with Crippen LogP contribution in [0.4, 0.5) is 5.69 Å². The molecular formula is C16H23N3. The number of nitrogens with two attached hydrogens (primary N) is 1. The van der Waals surface area contributed by atoms with Gasteiger partial charge in [0.2, 0.25) is 0 Å². The number of pyridine rings is 1. The Balaban J connectivity index is 2.24. The summed E-state index contributed by atoms with van der Waals surface area (Å²) in [6.45, 7) is 7.54. The lowest BCUT2D eigenvalue weighted by atomic mass is 10.1. The molecule has 0 aliphatic heterocycles. The normalized spacial score (nSPS) is 11.3. The van der Waals surface area contributed by atoms with Gasteiger partial charge in [-0.1, -0.05) is 32.0 Å². The maximum atomic E-state index is 6.12. The first-order chi connectivity index (χ1) is 9.24. The van der Waals surface area contributed by atoms with Crippen molar-refractivity contribution in [3.8, 4) is 0 Å². The van der Waals surface area contributed by atoms with Crippen molar-refractivity contribution in [2.75, 3.05) is 18.8 Å². The molecule has 102 valence electrons. The fraction of sp³-hybridized carbons (Fsp3) is 0.438. The monoisotopic (exact) mass is 257 g/mol. The molecule has 0 spiro atoms. The Labute approximate surface area is 115 Å². The van der Waals surface area contributed by atoms with E-state index in [4.69, 9.17) is 10.7 Å². The maximum absolute atomic E-state index is 6.12. The van der Waals surface area contributed by atoms with Crippen LogP contribution < -0.4 is 5.73 Å². The van der Waals surface area contributed by atoms with Crippen molar-refractivity contribution in [1.29, 1.82) is 0 Å². The number of nitrogens with zero attached hydrogens (tertiary/aromatic N) is 2. The van der Waals surface area contributed by atoms with E-state index < -0.39 is 0 Å². The third-order valence-corrected chi connectivity index (χ3v) is 3.27. The lowest BCUT2D eigenvalue weighted by molar-refractivity contribution is 0.264. The van der Waals surface area contributed by atoms with Crippen LogP contribution in [-0.4, -0.2) is 23.0 Å². The number of nitrogen functional groups attached to an aromatic ring is 1. The summed E-state index contributed by atoms with van der Waals surface area (Å²) in [6, 6.07) is 10.1. The van der Waals surface area contributed by atoms with Gasteiger partial charge in [0, 0.05) is 17.6 Å². The van der Waals surface area contributed by atoms with Gasteiger partial charge in [0.15, 0.2) is 0 Å². The first-order valence-corrected chi connectivity index (χ1v) is 7.11. The fourth-order valence-corrected chi connectivity index (χ4v) is 2.47. The molecule has 0 bridgehead atoms. The van der Waals surface area contributed by atoms with Gasteiger partial charge in [-0.15, -0.1) is 0 Å². The number of para-hydroxylation sites is 1. The quantitative estimate of drug-likeness (QED) is 0.862. The van der Waals surface area contributed by atoms with Crippen molar-refractivity contribution in [3.63, 3.8) is 0 Å². The molecule has 0 saturated heterocycles. The number of hydrogen-bond acceptors (Lipinski definition) is 3. The van der Waals surface area contributed by atoms with Crippen molar-refractivity contribution in [3.05, 3.63) is 36.0 Å². The third-order valence-electron chi connectivity index (χ3n) is 3.27. The molecule has 2 rings (SSSR count). The molecule has 0 aliphatic carbocycles. The number of anilines is 1. The molecule has 0 unspecified atom stereocenters. The average Bonchev–Trinajstić information content (AvgIpc) is 2.39. The van der Waals surface area contributed by atoms with Crippen LogP contribution in [0.2, 0.25) is 0 Å². The number of benzene rings is 1. The van der Waals surface area contributed by atoms with Crippen LogP contribution in [0.3, 0.4) is 0 Å². The van der Waals surface area contributed by atoms with Gasteiger partial charge in [-0.25, -0.2) is 0 Å². The molecule has 2 aromatic rings. The molecule has 1 aromatic carbocycles. The molecule has 3 nitrogen and oxygen atoms in total. The van der Waals surface area contributed by atoms with Gasteiger partial charge in [-0.3, -0.25) is 9.88 Å². The van der Waals surface area contributed by atoms with Crippen LogP contribution in [0.25, 0.3) is 10.9 Å². The molecule has 3 heteroatoms. The lowest BCUT2D eigenvalue weighted by Gasteiger charge is -2.20. The topological polar surface area (TPSA) is 42.1 Å². The van der Waals surface area contributed by atoms with E-state index in [9.17, 15) is 0 Å². The minimum atomic E-state index is 0.827. The van der Waals surface area contributed by atoms with Crippen molar-refractivity contribution in [2.24, 2.45) is 0 Å². The molecule has 0 radical (unpaired) electrons. The molecule has 0 saturated carbocycles. The first-order valence-electron chi connectivity index (χ1n) is 7.11. The van der Waals surface area contributed by atoms with E-state index in [1.54, 1.807) is 0 Å². The van der Waals surface area contributed by atoms with Crippen LogP contribution in [0.15, 0.2) is 30.3 Å². The van der Waals surface area contributed by atoms with E-state index in [-0.39, 0.29) is 0 Å². The minimum Gasteiger partial charge on any atom is -0.398 e.